The Hall–Kier alpha value is -1.88. The Balaban J connectivity index is 1.67. The third-order valence-corrected chi connectivity index (χ3v) is 5.92. The highest BCUT2D eigenvalue weighted by molar-refractivity contribution is 6.83. The monoisotopic (exact) mass is 402 g/mol. The molecule has 2 heterocycles. The molecule has 2 N–H and O–H groups in total. The van der Waals surface area contributed by atoms with E-state index in [9.17, 15) is 9.59 Å². The summed E-state index contributed by atoms with van der Waals surface area (Å²) in [6.45, 7) is 17.2. The number of H-pyrrole nitrogens is 1. The third kappa shape index (κ3) is 6.62. The van der Waals surface area contributed by atoms with Crippen LogP contribution in [0.2, 0.25) is 19.6 Å². The van der Waals surface area contributed by atoms with Crippen molar-refractivity contribution in [3.05, 3.63) is 22.5 Å². The number of amides is 1. The highest BCUT2D eigenvalue weighted by Crippen LogP contribution is 2.16. The van der Waals surface area contributed by atoms with Crippen molar-refractivity contribution in [2.24, 2.45) is 0 Å². The van der Waals surface area contributed by atoms with Crippen LogP contribution >= 0.6 is 0 Å². The molecule has 1 aliphatic heterocycles. The lowest BCUT2D eigenvalue weighted by Crippen LogP contribution is -2.47. The molecule has 0 radical (unpaired) electrons. The lowest BCUT2D eigenvalue weighted by atomic mass is 10.1. The van der Waals surface area contributed by atoms with Gasteiger partial charge < -0.3 is 15.2 Å². The molecule has 0 bridgehead atoms. The third-order valence-electron chi connectivity index (χ3n) is 4.99. The van der Waals surface area contributed by atoms with Crippen LogP contribution in [0.25, 0.3) is 0 Å². The molecule has 0 spiro atoms. The van der Waals surface area contributed by atoms with Gasteiger partial charge in [0, 0.05) is 38.4 Å². The number of aldehydes is 1. The van der Waals surface area contributed by atoms with E-state index < -0.39 is 8.07 Å². The molecule has 0 unspecified atom stereocenters. The zero-order valence-corrected chi connectivity index (χ0v) is 18.9. The summed E-state index contributed by atoms with van der Waals surface area (Å²) >= 11 is 0. The van der Waals surface area contributed by atoms with E-state index in [4.69, 9.17) is 0 Å². The van der Waals surface area contributed by atoms with Gasteiger partial charge in [0.15, 0.2) is 6.29 Å². The molecular weight excluding hydrogens is 368 g/mol. The minimum atomic E-state index is -1.27. The van der Waals surface area contributed by atoms with E-state index in [1.807, 2.05) is 6.92 Å². The van der Waals surface area contributed by atoms with Gasteiger partial charge in [0.25, 0.3) is 5.91 Å². The first-order valence-corrected chi connectivity index (χ1v) is 13.6. The van der Waals surface area contributed by atoms with Gasteiger partial charge >= 0.3 is 0 Å². The second-order valence-electron chi connectivity index (χ2n) is 8.56. The number of nitrogens with one attached hydrogen (secondary N) is 2. The number of hydrogen-bond donors (Lipinski definition) is 2. The predicted molar refractivity (Wildman–Crippen MR) is 117 cm³/mol. The van der Waals surface area contributed by atoms with Crippen LogP contribution < -0.4 is 5.32 Å². The van der Waals surface area contributed by atoms with E-state index in [1.165, 1.54) is 0 Å². The molecule has 154 valence electrons. The summed E-state index contributed by atoms with van der Waals surface area (Å²) in [6.07, 6.45) is 1.68. The number of aromatic nitrogens is 1. The zero-order chi connectivity index (χ0) is 20.7. The number of rotatable bonds is 7. The fourth-order valence-electron chi connectivity index (χ4n) is 3.41. The second-order valence-corrected chi connectivity index (χ2v) is 13.3. The molecule has 1 fully saturated rings. The van der Waals surface area contributed by atoms with Crippen LogP contribution in [0.4, 0.5) is 0 Å². The maximum Gasteiger partial charge on any atom is 0.253 e. The Morgan fingerprint density at radius 3 is 2.39 bits per heavy atom. The summed E-state index contributed by atoms with van der Waals surface area (Å²) < 4.78 is 0. The fourth-order valence-corrected chi connectivity index (χ4v) is 4.02. The summed E-state index contributed by atoms with van der Waals surface area (Å²) in [6, 6.07) is 0. The van der Waals surface area contributed by atoms with Crippen LogP contribution in [-0.2, 0) is 0 Å². The van der Waals surface area contributed by atoms with Crippen molar-refractivity contribution in [1.29, 1.82) is 0 Å². The topological polar surface area (TPSA) is 68.4 Å². The molecule has 0 aliphatic carbocycles. The number of aryl methyl sites for hydroxylation is 1. The summed E-state index contributed by atoms with van der Waals surface area (Å²) in [5, 5.41) is 2.98. The number of piperazine rings is 1. The van der Waals surface area contributed by atoms with Crippen molar-refractivity contribution in [3.8, 4) is 11.5 Å². The summed E-state index contributed by atoms with van der Waals surface area (Å²) in [4.78, 5) is 31.2. The number of carbonyl (C=O) groups is 2. The highest BCUT2D eigenvalue weighted by atomic mass is 28.3. The van der Waals surface area contributed by atoms with Gasteiger partial charge in [0.2, 0.25) is 0 Å². The summed E-state index contributed by atoms with van der Waals surface area (Å²) in [5.41, 5.74) is 5.97. The molecule has 0 aromatic carbocycles. The number of hydrogen-bond acceptors (Lipinski definition) is 4. The van der Waals surface area contributed by atoms with Crippen molar-refractivity contribution < 1.29 is 9.59 Å². The van der Waals surface area contributed by atoms with Crippen LogP contribution in [0.5, 0.6) is 0 Å². The van der Waals surface area contributed by atoms with E-state index >= 15 is 0 Å². The summed E-state index contributed by atoms with van der Waals surface area (Å²) in [7, 11) is -1.27. The fraction of sp³-hybridized carbons (Fsp3) is 0.619. The molecule has 28 heavy (non-hydrogen) atoms. The molecule has 0 saturated carbocycles. The van der Waals surface area contributed by atoms with Crippen molar-refractivity contribution in [3.63, 3.8) is 0 Å². The van der Waals surface area contributed by atoms with E-state index in [2.05, 4.69) is 51.2 Å². The van der Waals surface area contributed by atoms with Gasteiger partial charge in [-0.25, -0.2) is 0 Å². The SMILES string of the molecule is Cc1[nH]c(C=O)c(C)c1C(=O)NCCCN1CCN(CC#C[Si](C)(C)C)CC1. The van der Waals surface area contributed by atoms with Crippen LogP contribution in [0.15, 0.2) is 0 Å². The van der Waals surface area contributed by atoms with Crippen LogP contribution in [-0.4, -0.2) is 80.9 Å². The Kier molecular flexibility index (Phi) is 8.05. The number of nitrogens with zero attached hydrogens (tertiary/aromatic N) is 2. The van der Waals surface area contributed by atoms with Crippen LogP contribution in [0.3, 0.4) is 0 Å². The Morgan fingerprint density at radius 1 is 1.18 bits per heavy atom. The summed E-state index contributed by atoms with van der Waals surface area (Å²) in [5.74, 6) is 3.25. The van der Waals surface area contributed by atoms with Crippen molar-refractivity contribution in [2.45, 2.75) is 39.9 Å². The molecule has 1 aromatic rings. The van der Waals surface area contributed by atoms with Gasteiger partial charge in [-0.2, -0.15) is 0 Å². The second kappa shape index (κ2) is 10.1. The highest BCUT2D eigenvalue weighted by Gasteiger charge is 2.18. The average Bonchev–Trinajstić information content (AvgIpc) is 2.92. The van der Waals surface area contributed by atoms with Gasteiger partial charge in [-0.3, -0.25) is 14.5 Å². The minimum absolute atomic E-state index is 0.106. The Morgan fingerprint density at radius 2 is 1.82 bits per heavy atom. The Bertz CT molecular complexity index is 747. The number of aromatic amines is 1. The molecule has 6 nitrogen and oxygen atoms in total. The normalized spacial score (nSPS) is 15.8. The minimum Gasteiger partial charge on any atom is -0.356 e. The zero-order valence-electron chi connectivity index (χ0n) is 17.9. The maximum absolute atomic E-state index is 12.4. The first-order chi connectivity index (χ1) is 13.2. The lowest BCUT2D eigenvalue weighted by molar-refractivity contribution is 0.0947. The number of carbonyl (C=O) groups excluding carboxylic acids is 2. The van der Waals surface area contributed by atoms with Gasteiger partial charge in [-0.05, 0) is 32.4 Å². The molecule has 0 atom stereocenters. The van der Waals surface area contributed by atoms with Crippen molar-refractivity contribution in [1.82, 2.24) is 20.1 Å². The van der Waals surface area contributed by atoms with E-state index in [0.29, 0.717) is 17.8 Å². The molecule has 1 amide bonds. The molecule has 1 saturated heterocycles. The largest absolute Gasteiger partial charge is 0.356 e. The standard InChI is InChI=1S/C21H34N4O2Si/c1-17-19(16-26)23-18(2)20(17)21(27)22-8-6-9-24-11-13-25(14-12-24)10-7-15-28(3,4)5/h16,23H,6,8-14H2,1-5H3,(H,22,27). The van der Waals surface area contributed by atoms with Crippen molar-refractivity contribution in [2.75, 3.05) is 45.8 Å². The van der Waals surface area contributed by atoms with Gasteiger partial charge in [0.05, 0.1) is 17.8 Å². The molecule has 1 aliphatic rings. The maximum atomic E-state index is 12.4. The molecular formula is C21H34N4O2Si. The smallest absolute Gasteiger partial charge is 0.253 e. The lowest BCUT2D eigenvalue weighted by Gasteiger charge is -2.33. The molecule has 1 aromatic heterocycles. The molecule has 7 heteroatoms. The Labute approximate surface area is 170 Å². The van der Waals surface area contributed by atoms with E-state index in [1.54, 1.807) is 6.92 Å². The van der Waals surface area contributed by atoms with Crippen LogP contribution in [0.1, 0.15) is 38.5 Å². The quantitative estimate of drug-likeness (QED) is 0.317. The first-order valence-electron chi connectivity index (χ1n) is 10.1. The van der Waals surface area contributed by atoms with E-state index in [0.717, 1.165) is 63.2 Å². The van der Waals surface area contributed by atoms with Crippen molar-refractivity contribution >= 4 is 20.3 Å². The molecule has 2 rings (SSSR count). The predicted octanol–water partition coefficient (Wildman–Crippen LogP) is 2.06. The van der Waals surface area contributed by atoms with Gasteiger partial charge in [0.1, 0.15) is 8.07 Å². The average molecular weight is 403 g/mol. The van der Waals surface area contributed by atoms with E-state index in [-0.39, 0.29) is 5.91 Å². The van der Waals surface area contributed by atoms with Crippen LogP contribution in [0, 0.1) is 25.3 Å². The first kappa shape index (κ1) is 22.4. The van der Waals surface area contributed by atoms with Gasteiger partial charge in [-0.15, -0.1) is 5.54 Å². The van der Waals surface area contributed by atoms with Gasteiger partial charge in [-0.1, -0.05) is 25.6 Å².